The maximum absolute atomic E-state index is 6.40. The molecule has 5 heteroatoms. The Morgan fingerprint density at radius 2 is 1.70 bits per heavy atom. The first-order valence-electron chi connectivity index (χ1n) is 10.3. The summed E-state index contributed by atoms with van der Waals surface area (Å²) >= 11 is 6.40. The Morgan fingerprint density at radius 3 is 2.33 bits per heavy atom. The molecule has 1 spiro atoms. The minimum absolute atomic E-state index is 0.503. The Kier molecular flexibility index (Phi) is 5.11. The summed E-state index contributed by atoms with van der Waals surface area (Å²) in [7, 11) is 0. The first-order valence-corrected chi connectivity index (χ1v) is 10.7. The first kappa shape index (κ1) is 18.7. The van der Waals surface area contributed by atoms with Gasteiger partial charge in [-0.05, 0) is 63.5 Å². The van der Waals surface area contributed by atoms with Crippen molar-refractivity contribution in [1.29, 1.82) is 0 Å². The fraction of sp³-hybridized carbons (Fsp3) is 0.591. The van der Waals surface area contributed by atoms with E-state index in [0.717, 1.165) is 53.7 Å². The molecule has 0 aromatic carbocycles. The molecular weight excluding hydrogens is 356 g/mol. The zero-order chi connectivity index (χ0) is 19.0. The van der Waals surface area contributed by atoms with E-state index in [9.17, 15) is 0 Å². The van der Waals surface area contributed by atoms with Gasteiger partial charge in [-0.15, -0.1) is 0 Å². The van der Waals surface area contributed by atoms with E-state index in [1.165, 1.54) is 38.5 Å². The number of aromatic nitrogens is 3. The summed E-state index contributed by atoms with van der Waals surface area (Å²) in [6.45, 7) is 8.34. The molecule has 2 aliphatic rings. The molecule has 2 aromatic heterocycles. The zero-order valence-corrected chi connectivity index (χ0v) is 17.4. The second-order valence-corrected chi connectivity index (χ2v) is 8.62. The van der Waals surface area contributed by atoms with Crippen LogP contribution in [0.2, 0.25) is 5.15 Å². The summed E-state index contributed by atoms with van der Waals surface area (Å²) in [6, 6.07) is 3.99. The van der Waals surface area contributed by atoms with Crippen LogP contribution in [0.1, 0.15) is 62.5 Å². The molecule has 4 nitrogen and oxygen atoms in total. The van der Waals surface area contributed by atoms with Gasteiger partial charge < -0.3 is 4.90 Å². The summed E-state index contributed by atoms with van der Waals surface area (Å²) in [5.41, 5.74) is 5.25. The van der Waals surface area contributed by atoms with Gasteiger partial charge in [0.15, 0.2) is 5.82 Å². The minimum Gasteiger partial charge on any atom is -0.355 e. The molecule has 0 unspecified atom stereocenters. The van der Waals surface area contributed by atoms with E-state index in [1.807, 2.05) is 26.0 Å². The van der Waals surface area contributed by atoms with Gasteiger partial charge in [0, 0.05) is 24.3 Å². The van der Waals surface area contributed by atoms with Crippen molar-refractivity contribution >= 4 is 17.4 Å². The number of nitrogens with zero attached hydrogens (tertiary/aromatic N) is 4. The Balaban J connectivity index is 1.64. The first-order chi connectivity index (χ1) is 13.0. The maximum Gasteiger partial charge on any atom is 0.150 e. The minimum atomic E-state index is 0.503. The van der Waals surface area contributed by atoms with Crippen molar-refractivity contribution in [2.24, 2.45) is 5.41 Å². The Hall–Kier alpha value is -1.68. The second-order valence-electron chi connectivity index (χ2n) is 8.27. The zero-order valence-electron chi connectivity index (χ0n) is 16.7. The van der Waals surface area contributed by atoms with Crippen molar-refractivity contribution < 1.29 is 0 Å². The van der Waals surface area contributed by atoms with Gasteiger partial charge in [-0.2, -0.15) is 0 Å². The molecule has 0 N–H and O–H groups in total. The van der Waals surface area contributed by atoms with Crippen LogP contribution in [0.15, 0.2) is 12.1 Å². The average molecular weight is 385 g/mol. The molecule has 1 saturated heterocycles. The highest BCUT2D eigenvalue weighted by atomic mass is 35.5. The monoisotopic (exact) mass is 384 g/mol. The predicted octanol–water partition coefficient (Wildman–Crippen LogP) is 5.53. The van der Waals surface area contributed by atoms with E-state index in [4.69, 9.17) is 21.6 Å². The number of anilines is 1. The third kappa shape index (κ3) is 3.56. The normalized spacial score (nSPS) is 19.0. The van der Waals surface area contributed by atoms with Crippen LogP contribution in [0.5, 0.6) is 0 Å². The summed E-state index contributed by atoms with van der Waals surface area (Å²) in [4.78, 5) is 16.8. The highest BCUT2D eigenvalue weighted by Gasteiger charge is 2.37. The molecule has 3 heterocycles. The van der Waals surface area contributed by atoms with E-state index in [-0.39, 0.29) is 0 Å². The van der Waals surface area contributed by atoms with E-state index < -0.39 is 0 Å². The van der Waals surface area contributed by atoms with E-state index >= 15 is 0 Å². The van der Waals surface area contributed by atoms with Gasteiger partial charge in [-0.1, -0.05) is 31.4 Å². The molecular formula is C22H29ClN4. The number of aryl methyl sites for hydroxylation is 3. The van der Waals surface area contributed by atoms with Crippen LogP contribution >= 0.6 is 11.6 Å². The van der Waals surface area contributed by atoms with Crippen molar-refractivity contribution in [2.45, 2.75) is 65.7 Å². The average Bonchev–Trinajstić information content (AvgIpc) is 3.11. The van der Waals surface area contributed by atoms with Gasteiger partial charge in [0.25, 0.3) is 0 Å². The van der Waals surface area contributed by atoms with Gasteiger partial charge in [-0.25, -0.2) is 15.0 Å². The molecule has 1 aliphatic carbocycles. The lowest BCUT2D eigenvalue weighted by atomic mass is 9.77. The molecule has 1 saturated carbocycles. The van der Waals surface area contributed by atoms with Gasteiger partial charge in [0.1, 0.15) is 5.15 Å². The van der Waals surface area contributed by atoms with Crippen LogP contribution in [0, 0.1) is 19.3 Å². The summed E-state index contributed by atoms with van der Waals surface area (Å²) in [6.07, 6.45) is 9.14. The van der Waals surface area contributed by atoms with Crippen LogP contribution in [0.4, 0.5) is 5.82 Å². The van der Waals surface area contributed by atoms with Crippen molar-refractivity contribution in [2.75, 3.05) is 18.0 Å². The van der Waals surface area contributed by atoms with Gasteiger partial charge in [0.05, 0.1) is 17.1 Å². The van der Waals surface area contributed by atoms with E-state index in [2.05, 4.69) is 16.8 Å². The summed E-state index contributed by atoms with van der Waals surface area (Å²) < 4.78 is 0. The molecule has 4 rings (SSSR count). The number of hydrogen-bond donors (Lipinski definition) is 0. The van der Waals surface area contributed by atoms with Crippen molar-refractivity contribution in [3.8, 4) is 11.3 Å². The van der Waals surface area contributed by atoms with Crippen molar-refractivity contribution in [3.63, 3.8) is 0 Å². The van der Waals surface area contributed by atoms with Crippen molar-refractivity contribution in [1.82, 2.24) is 15.0 Å². The molecule has 0 bridgehead atoms. The van der Waals surface area contributed by atoms with Crippen LogP contribution in [-0.2, 0) is 6.42 Å². The lowest BCUT2D eigenvalue weighted by molar-refractivity contribution is 0.226. The van der Waals surface area contributed by atoms with Gasteiger partial charge >= 0.3 is 0 Å². The Bertz CT molecular complexity index is 832. The SMILES string of the molecule is CCc1nc(-c2ccc(C)nc2Cl)c(C)nc1N1CCC2(CCCC2)CC1. The molecule has 0 amide bonds. The number of piperidine rings is 1. The lowest BCUT2D eigenvalue weighted by Gasteiger charge is -2.40. The number of halogens is 1. The largest absolute Gasteiger partial charge is 0.355 e. The molecule has 2 fully saturated rings. The molecule has 1 aliphatic heterocycles. The fourth-order valence-electron chi connectivity index (χ4n) is 4.81. The van der Waals surface area contributed by atoms with E-state index in [0.29, 0.717) is 10.6 Å². The predicted molar refractivity (Wildman–Crippen MR) is 111 cm³/mol. The maximum atomic E-state index is 6.40. The standard InChI is InChI=1S/C22H29ClN4/c1-4-18-21(27-13-11-22(12-14-27)9-5-6-10-22)25-16(3)19(26-18)17-8-7-15(2)24-20(17)23/h7-8H,4-6,9-14H2,1-3H3. The molecule has 0 radical (unpaired) electrons. The fourth-order valence-corrected chi connectivity index (χ4v) is 5.09. The van der Waals surface area contributed by atoms with Crippen LogP contribution in [-0.4, -0.2) is 28.0 Å². The smallest absolute Gasteiger partial charge is 0.150 e. The number of rotatable bonds is 3. The van der Waals surface area contributed by atoms with Crippen LogP contribution in [0.3, 0.4) is 0 Å². The van der Waals surface area contributed by atoms with Gasteiger partial charge in [0.2, 0.25) is 0 Å². The quantitative estimate of drug-likeness (QED) is 0.652. The Labute approximate surface area is 167 Å². The molecule has 0 atom stereocenters. The Morgan fingerprint density at radius 1 is 1.00 bits per heavy atom. The van der Waals surface area contributed by atoms with Crippen molar-refractivity contribution in [3.05, 3.63) is 34.4 Å². The number of pyridine rings is 1. The third-order valence-corrected chi connectivity index (χ3v) is 6.78. The molecule has 144 valence electrons. The summed E-state index contributed by atoms with van der Waals surface area (Å²) in [5.74, 6) is 1.07. The highest BCUT2D eigenvalue weighted by molar-refractivity contribution is 6.32. The summed E-state index contributed by atoms with van der Waals surface area (Å²) in [5, 5.41) is 0.503. The lowest BCUT2D eigenvalue weighted by Crippen LogP contribution is -2.40. The highest BCUT2D eigenvalue weighted by Crippen LogP contribution is 2.46. The second kappa shape index (κ2) is 7.38. The van der Waals surface area contributed by atoms with Gasteiger partial charge in [-0.3, -0.25) is 0 Å². The topological polar surface area (TPSA) is 41.9 Å². The third-order valence-electron chi connectivity index (χ3n) is 6.49. The van der Waals surface area contributed by atoms with E-state index in [1.54, 1.807) is 0 Å². The van der Waals surface area contributed by atoms with Crippen LogP contribution in [0.25, 0.3) is 11.3 Å². The number of hydrogen-bond acceptors (Lipinski definition) is 4. The van der Waals surface area contributed by atoms with Crippen LogP contribution < -0.4 is 4.90 Å². The molecule has 27 heavy (non-hydrogen) atoms. The molecule has 2 aromatic rings.